The van der Waals surface area contributed by atoms with Gasteiger partial charge in [0.15, 0.2) is 0 Å². The molecule has 0 saturated heterocycles. The average Bonchev–Trinajstić information content (AvgIpc) is 3.12. The van der Waals surface area contributed by atoms with Crippen molar-refractivity contribution in [2.24, 2.45) is 0 Å². The van der Waals surface area contributed by atoms with Gasteiger partial charge in [0.05, 0.1) is 11.1 Å². The molecule has 4 rings (SSSR count). The van der Waals surface area contributed by atoms with E-state index in [1.165, 1.54) is 103 Å². The van der Waals surface area contributed by atoms with E-state index in [0.29, 0.717) is 11.1 Å². The number of benzene rings is 4. The minimum atomic E-state index is -0.540. The third-order valence-corrected chi connectivity index (χ3v) is 10.2. The third-order valence-electron chi connectivity index (χ3n) is 10.2. The highest BCUT2D eigenvalue weighted by atomic mass is 16.6. The summed E-state index contributed by atoms with van der Waals surface area (Å²) >= 11 is 0. The second kappa shape index (κ2) is 22.3. The van der Waals surface area contributed by atoms with Crippen LogP contribution < -0.4 is 0 Å². The lowest BCUT2D eigenvalue weighted by molar-refractivity contribution is 0.0399. The first-order valence-corrected chi connectivity index (χ1v) is 19.9. The summed E-state index contributed by atoms with van der Waals surface area (Å²) < 4.78 is 5.84. The van der Waals surface area contributed by atoms with Crippen LogP contribution in [0.3, 0.4) is 0 Å². The maximum atomic E-state index is 14.0. The molecular formula is C46H62O3. The van der Waals surface area contributed by atoms with Crippen molar-refractivity contribution < 1.29 is 14.3 Å². The molecule has 4 aromatic rings. The van der Waals surface area contributed by atoms with Gasteiger partial charge in [-0.15, -0.1) is 0 Å². The van der Waals surface area contributed by atoms with Crippen molar-refractivity contribution in [3.8, 4) is 0 Å². The summed E-state index contributed by atoms with van der Waals surface area (Å²) in [5.41, 5.74) is 3.02. The van der Waals surface area contributed by atoms with E-state index in [1.54, 1.807) is 0 Å². The van der Waals surface area contributed by atoms with Crippen LogP contribution in [0.1, 0.15) is 174 Å². The lowest BCUT2D eigenvalue weighted by Gasteiger charge is -2.15. The quantitative estimate of drug-likeness (QED) is 0.0426. The van der Waals surface area contributed by atoms with E-state index in [1.807, 2.05) is 48.5 Å². The molecule has 49 heavy (non-hydrogen) atoms. The van der Waals surface area contributed by atoms with E-state index in [4.69, 9.17) is 4.74 Å². The van der Waals surface area contributed by atoms with E-state index < -0.39 is 11.9 Å². The summed E-state index contributed by atoms with van der Waals surface area (Å²) in [5, 5.41) is 3.68. The molecule has 0 aliphatic heterocycles. The normalized spacial score (nSPS) is 11.4. The van der Waals surface area contributed by atoms with E-state index in [-0.39, 0.29) is 0 Å². The smallest absolute Gasteiger partial charge is 0.346 e. The van der Waals surface area contributed by atoms with Crippen LogP contribution in [-0.2, 0) is 17.6 Å². The number of hydrogen-bond acceptors (Lipinski definition) is 3. The van der Waals surface area contributed by atoms with Gasteiger partial charge in [0.2, 0.25) is 0 Å². The molecule has 0 aliphatic carbocycles. The summed E-state index contributed by atoms with van der Waals surface area (Å²) in [7, 11) is 0. The minimum absolute atomic E-state index is 0.540. The van der Waals surface area contributed by atoms with Crippen molar-refractivity contribution in [2.45, 2.75) is 155 Å². The number of rotatable bonds is 24. The highest BCUT2D eigenvalue weighted by Gasteiger charge is 2.24. The highest BCUT2D eigenvalue weighted by molar-refractivity contribution is 6.14. The van der Waals surface area contributed by atoms with Gasteiger partial charge in [-0.3, -0.25) is 0 Å². The second-order valence-electron chi connectivity index (χ2n) is 14.2. The molecule has 0 heterocycles. The Balaban J connectivity index is 1.40. The fourth-order valence-electron chi connectivity index (χ4n) is 7.32. The molecule has 0 bridgehead atoms. The minimum Gasteiger partial charge on any atom is -0.386 e. The molecule has 3 heteroatoms. The van der Waals surface area contributed by atoms with Crippen LogP contribution in [0.2, 0.25) is 0 Å². The molecule has 0 aliphatic rings. The molecule has 0 unspecified atom stereocenters. The number of aryl methyl sites for hydroxylation is 2. The lowest BCUT2D eigenvalue weighted by Crippen LogP contribution is -2.17. The second-order valence-corrected chi connectivity index (χ2v) is 14.2. The maximum Gasteiger partial charge on any atom is 0.346 e. The number of esters is 2. The van der Waals surface area contributed by atoms with E-state index >= 15 is 0 Å². The van der Waals surface area contributed by atoms with Gasteiger partial charge in [0, 0.05) is 0 Å². The molecule has 0 N–H and O–H groups in total. The zero-order chi connectivity index (χ0) is 34.5. The fraction of sp³-hybridized carbons (Fsp3) is 0.522. The number of unbranched alkanes of at least 4 members (excludes halogenated alkanes) is 18. The fourth-order valence-corrected chi connectivity index (χ4v) is 7.32. The predicted molar refractivity (Wildman–Crippen MR) is 209 cm³/mol. The summed E-state index contributed by atoms with van der Waals surface area (Å²) in [6, 6.07) is 24.2. The molecule has 0 aromatic heterocycles. The monoisotopic (exact) mass is 662 g/mol. The third kappa shape index (κ3) is 12.4. The van der Waals surface area contributed by atoms with Crippen LogP contribution in [0, 0.1) is 0 Å². The van der Waals surface area contributed by atoms with Crippen molar-refractivity contribution >= 4 is 33.5 Å². The summed E-state index contributed by atoms with van der Waals surface area (Å²) in [6.45, 7) is 4.53. The molecule has 0 saturated carbocycles. The summed E-state index contributed by atoms with van der Waals surface area (Å²) in [4.78, 5) is 28.0. The molecule has 4 aromatic carbocycles. The Morgan fingerprint density at radius 3 is 1.10 bits per heavy atom. The lowest BCUT2D eigenvalue weighted by atomic mass is 9.94. The Labute approximate surface area is 297 Å². The number of fused-ring (bicyclic) bond motifs is 2. The predicted octanol–water partition coefficient (Wildman–Crippen LogP) is 13.9. The van der Waals surface area contributed by atoms with Crippen molar-refractivity contribution in [3.63, 3.8) is 0 Å². The number of hydrogen-bond donors (Lipinski definition) is 0. The van der Waals surface area contributed by atoms with Crippen molar-refractivity contribution in [1.82, 2.24) is 0 Å². The SMILES string of the molecule is CCCCCCCCCCCCc1ccc2ccccc2c1C(=O)OC(=O)c1c(CCCCCCCCCCCC)ccc2ccccc12. The van der Waals surface area contributed by atoms with Crippen LogP contribution in [-0.4, -0.2) is 11.9 Å². The molecule has 0 atom stereocenters. The Morgan fingerprint density at radius 1 is 0.408 bits per heavy atom. The molecule has 264 valence electrons. The molecular weight excluding hydrogens is 601 g/mol. The van der Waals surface area contributed by atoms with Gasteiger partial charge in [0.1, 0.15) is 0 Å². The van der Waals surface area contributed by atoms with Crippen molar-refractivity contribution in [2.75, 3.05) is 0 Å². The first-order chi connectivity index (χ1) is 24.1. The van der Waals surface area contributed by atoms with Crippen LogP contribution in [0.4, 0.5) is 0 Å². The first kappa shape index (κ1) is 38.3. The number of carbonyl (C=O) groups is 2. The Kier molecular flexibility index (Phi) is 17.4. The highest BCUT2D eigenvalue weighted by Crippen LogP contribution is 2.29. The Bertz CT molecular complexity index is 1450. The summed E-state index contributed by atoms with van der Waals surface area (Å²) in [5.74, 6) is -1.08. The van der Waals surface area contributed by atoms with Gasteiger partial charge in [-0.05, 0) is 58.4 Å². The van der Waals surface area contributed by atoms with E-state index in [2.05, 4.69) is 38.1 Å². The van der Waals surface area contributed by atoms with E-state index in [9.17, 15) is 9.59 Å². The van der Waals surface area contributed by atoms with Gasteiger partial charge in [-0.25, -0.2) is 9.59 Å². The Morgan fingerprint density at radius 2 is 0.735 bits per heavy atom. The number of carbonyl (C=O) groups excluding carboxylic acids is 2. The maximum absolute atomic E-state index is 14.0. The van der Waals surface area contributed by atoms with Gasteiger partial charge < -0.3 is 4.74 Å². The van der Waals surface area contributed by atoms with Gasteiger partial charge in [0.25, 0.3) is 0 Å². The molecule has 0 radical (unpaired) electrons. The van der Waals surface area contributed by atoms with Crippen LogP contribution in [0.25, 0.3) is 21.5 Å². The molecule has 0 fully saturated rings. The van der Waals surface area contributed by atoms with Crippen molar-refractivity contribution in [1.29, 1.82) is 0 Å². The van der Waals surface area contributed by atoms with Crippen LogP contribution >= 0.6 is 0 Å². The van der Waals surface area contributed by atoms with Crippen molar-refractivity contribution in [3.05, 3.63) is 95.1 Å². The van der Waals surface area contributed by atoms with Crippen LogP contribution in [0.5, 0.6) is 0 Å². The number of ether oxygens (including phenoxy) is 1. The first-order valence-electron chi connectivity index (χ1n) is 19.9. The average molecular weight is 663 g/mol. The zero-order valence-corrected chi connectivity index (χ0v) is 30.7. The molecule has 0 spiro atoms. The standard InChI is InChI=1S/C46H62O3/c1-3-5-7-9-11-13-15-17-19-21-29-39-35-33-37-27-23-25-31-41(37)43(39)45(47)49-46(48)44-40(36-34-38-28-24-26-32-42(38)44)30-22-20-18-16-14-12-10-8-6-4-2/h23-28,31-36H,3-22,29-30H2,1-2H3. The van der Waals surface area contributed by atoms with Gasteiger partial charge in [-0.2, -0.15) is 0 Å². The molecule has 3 nitrogen and oxygen atoms in total. The van der Waals surface area contributed by atoms with Gasteiger partial charge >= 0.3 is 11.9 Å². The van der Waals surface area contributed by atoms with Crippen LogP contribution in [0.15, 0.2) is 72.8 Å². The zero-order valence-electron chi connectivity index (χ0n) is 30.7. The summed E-state index contributed by atoms with van der Waals surface area (Å²) in [6.07, 6.45) is 27.0. The van der Waals surface area contributed by atoms with E-state index in [0.717, 1.165) is 71.2 Å². The van der Waals surface area contributed by atoms with Gasteiger partial charge in [-0.1, -0.05) is 202 Å². The molecule has 0 amide bonds. The largest absolute Gasteiger partial charge is 0.386 e. The topological polar surface area (TPSA) is 43.4 Å². The Hall–Kier alpha value is -3.46.